The van der Waals surface area contributed by atoms with Gasteiger partial charge in [-0.3, -0.25) is 4.79 Å². The van der Waals surface area contributed by atoms with Gasteiger partial charge < -0.3 is 4.90 Å². The molecule has 3 heteroatoms. The van der Waals surface area contributed by atoms with Gasteiger partial charge in [0.05, 0.1) is 5.41 Å². The molecule has 1 aliphatic carbocycles. The molecule has 0 fully saturated rings. The van der Waals surface area contributed by atoms with Crippen LogP contribution in [-0.2, 0) is 24.2 Å². The molecule has 0 saturated carbocycles. The number of amides is 1. The minimum absolute atomic E-state index is 0.215. The molecule has 0 aliphatic heterocycles. The second-order valence-corrected chi connectivity index (χ2v) is 7.23. The zero-order chi connectivity index (χ0) is 16.4. The molecule has 0 bridgehead atoms. The second kappa shape index (κ2) is 6.37. The van der Waals surface area contributed by atoms with Crippen LogP contribution in [0.25, 0.3) is 0 Å². The molecule has 23 heavy (non-hydrogen) atoms. The summed E-state index contributed by atoms with van der Waals surface area (Å²) in [4.78, 5) is 14.8. The van der Waals surface area contributed by atoms with Gasteiger partial charge in [0.15, 0.2) is 0 Å². The van der Waals surface area contributed by atoms with E-state index in [9.17, 15) is 4.79 Å². The van der Waals surface area contributed by atoms with Crippen LogP contribution < -0.4 is 0 Å². The normalized spacial score (nSPS) is 20.0. The lowest BCUT2D eigenvalue weighted by molar-refractivity contribution is -0.141. The van der Waals surface area contributed by atoms with Gasteiger partial charge in [-0.1, -0.05) is 54.9 Å². The molecule has 0 spiro atoms. The summed E-state index contributed by atoms with van der Waals surface area (Å²) in [5.74, 6) is 0.215. The number of fused-ring (bicyclic) bond motifs is 1. The van der Waals surface area contributed by atoms with Crippen LogP contribution in [0.4, 0.5) is 0 Å². The Kier molecular flexibility index (Phi) is 4.45. The van der Waals surface area contributed by atoms with Crippen molar-refractivity contribution in [2.75, 3.05) is 7.05 Å². The van der Waals surface area contributed by atoms with Crippen LogP contribution in [0.2, 0.25) is 5.02 Å². The third-order valence-corrected chi connectivity index (χ3v) is 5.05. The molecule has 2 nitrogen and oxygen atoms in total. The molecule has 2 aromatic carbocycles. The van der Waals surface area contributed by atoms with Gasteiger partial charge in [-0.05, 0) is 48.1 Å². The first kappa shape index (κ1) is 16.1. The van der Waals surface area contributed by atoms with Gasteiger partial charge in [0.1, 0.15) is 0 Å². The summed E-state index contributed by atoms with van der Waals surface area (Å²) < 4.78 is 0. The van der Waals surface area contributed by atoms with E-state index < -0.39 is 0 Å². The first-order valence-electron chi connectivity index (χ1n) is 8.05. The lowest BCUT2D eigenvalue weighted by atomic mass is 9.72. The van der Waals surface area contributed by atoms with Crippen molar-refractivity contribution < 1.29 is 4.79 Å². The van der Waals surface area contributed by atoms with Crippen molar-refractivity contribution in [3.8, 4) is 0 Å². The molecule has 120 valence electrons. The highest BCUT2D eigenvalue weighted by molar-refractivity contribution is 6.30. The topological polar surface area (TPSA) is 20.3 Å². The molecular formula is C20H22ClNO. The molecule has 0 N–H and O–H groups in total. The summed E-state index contributed by atoms with van der Waals surface area (Å²) in [5.41, 5.74) is 3.44. The van der Waals surface area contributed by atoms with Crippen molar-refractivity contribution in [3.63, 3.8) is 0 Å². The van der Waals surface area contributed by atoms with E-state index in [2.05, 4.69) is 31.2 Å². The Bertz CT molecular complexity index is 727. The lowest BCUT2D eigenvalue weighted by Crippen LogP contribution is -2.43. The van der Waals surface area contributed by atoms with E-state index in [0.29, 0.717) is 11.6 Å². The van der Waals surface area contributed by atoms with Gasteiger partial charge in [-0.15, -0.1) is 0 Å². The maximum Gasteiger partial charge on any atom is 0.228 e. The zero-order valence-electron chi connectivity index (χ0n) is 13.7. The van der Waals surface area contributed by atoms with Gasteiger partial charge >= 0.3 is 0 Å². The van der Waals surface area contributed by atoms with E-state index in [0.717, 1.165) is 24.8 Å². The standard InChI is InChI=1S/C20H22ClNO/c1-20(11-10-16-7-3-4-8-17(16)13-20)19(23)22(2)14-15-6-5-9-18(21)12-15/h3-9,12H,10-11,13-14H2,1-2H3/t20-/m1/s1. The van der Waals surface area contributed by atoms with Crippen molar-refractivity contribution in [3.05, 3.63) is 70.2 Å². The maximum absolute atomic E-state index is 13.0. The van der Waals surface area contributed by atoms with Crippen molar-refractivity contribution in [1.29, 1.82) is 0 Å². The monoisotopic (exact) mass is 327 g/mol. The van der Waals surface area contributed by atoms with E-state index in [4.69, 9.17) is 11.6 Å². The fraction of sp³-hybridized carbons (Fsp3) is 0.350. The SMILES string of the molecule is CN(Cc1cccc(Cl)c1)C(=O)[C@]1(C)CCc2ccccc2C1. The molecule has 0 radical (unpaired) electrons. The number of nitrogens with zero attached hydrogens (tertiary/aromatic N) is 1. The highest BCUT2D eigenvalue weighted by Gasteiger charge is 2.38. The summed E-state index contributed by atoms with van der Waals surface area (Å²) in [6, 6.07) is 16.2. The fourth-order valence-electron chi connectivity index (χ4n) is 3.52. The first-order chi connectivity index (χ1) is 11.0. The Hall–Kier alpha value is -1.80. The fourth-order valence-corrected chi connectivity index (χ4v) is 3.73. The minimum atomic E-state index is -0.318. The Balaban J connectivity index is 1.74. The molecule has 1 amide bonds. The average Bonchev–Trinajstić information content (AvgIpc) is 2.54. The Morgan fingerprint density at radius 1 is 1.17 bits per heavy atom. The van der Waals surface area contributed by atoms with Crippen LogP contribution in [-0.4, -0.2) is 17.9 Å². The molecule has 3 rings (SSSR count). The molecule has 0 aromatic heterocycles. The van der Waals surface area contributed by atoms with Gasteiger partial charge in [0, 0.05) is 18.6 Å². The van der Waals surface area contributed by atoms with Gasteiger partial charge in [-0.2, -0.15) is 0 Å². The van der Waals surface area contributed by atoms with Crippen LogP contribution in [0.5, 0.6) is 0 Å². The summed E-state index contributed by atoms with van der Waals surface area (Å²) in [7, 11) is 1.88. The number of hydrogen-bond donors (Lipinski definition) is 0. The smallest absolute Gasteiger partial charge is 0.228 e. The minimum Gasteiger partial charge on any atom is -0.341 e. The van der Waals surface area contributed by atoms with E-state index in [1.54, 1.807) is 0 Å². The molecule has 0 unspecified atom stereocenters. The van der Waals surface area contributed by atoms with Gasteiger partial charge in [0.2, 0.25) is 5.91 Å². The van der Waals surface area contributed by atoms with Gasteiger partial charge in [-0.25, -0.2) is 0 Å². The van der Waals surface area contributed by atoms with Crippen LogP contribution in [0, 0.1) is 5.41 Å². The van der Waals surface area contributed by atoms with E-state index in [1.807, 2.05) is 36.2 Å². The van der Waals surface area contributed by atoms with Crippen LogP contribution >= 0.6 is 11.6 Å². The third kappa shape index (κ3) is 3.42. The van der Waals surface area contributed by atoms with Crippen LogP contribution in [0.3, 0.4) is 0 Å². The maximum atomic E-state index is 13.0. The Labute approximate surface area is 143 Å². The summed E-state index contributed by atoms with van der Waals surface area (Å²) in [6.45, 7) is 2.69. The third-order valence-electron chi connectivity index (χ3n) is 4.82. The molecule has 1 atom stereocenters. The predicted octanol–water partition coefficient (Wildman–Crippen LogP) is 4.49. The zero-order valence-corrected chi connectivity index (χ0v) is 14.4. The number of carbonyl (C=O) groups is 1. The van der Waals surface area contributed by atoms with Crippen molar-refractivity contribution in [1.82, 2.24) is 4.90 Å². The molecular weight excluding hydrogens is 306 g/mol. The number of benzene rings is 2. The predicted molar refractivity (Wildman–Crippen MR) is 94.5 cm³/mol. The Morgan fingerprint density at radius 2 is 1.91 bits per heavy atom. The van der Waals surface area contributed by atoms with E-state index in [1.165, 1.54) is 11.1 Å². The summed E-state index contributed by atoms with van der Waals surface area (Å²) in [5, 5.41) is 0.709. The number of aryl methyl sites for hydroxylation is 1. The Morgan fingerprint density at radius 3 is 2.65 bits per heavy atom. The van der Waals surface area contributed by atoms with Crippen LogP contribution in [0.15, 0.2) is 48.5 Å². The molecule has 0 saturated heterocycles. The number of hydrogen-bond acceptors (Lipinski definition) is 1. The van der Waals surface area contributed by atoms with Crippen molar-refractivity contribution in [2.24, 2.45) is 5.41 Å². The number of carbonyl (C=O) groups excluding carboxylic acids is 1. The average molecular weight is 328 g/mol. The first-order valence-corrected chi connectivity index (χ1v) is 8.42. The largest absolute Gasteiger partial charge is 0.341 e. The van der Waals surface area contributed by atoms with Gasteiger partial charge in [0.25, 0.3) is 0 Å². The van der Waals surface area contributed by atoms with E-state index >= 15 is 0 Å². The number of halogens is 1. The summed E-state index contributed by atoms with van der Waals surface area (Å²) >= 11 is 6.04. The quantitative estimate of drug-likeness (QED) is 0.813. The highest BCUT2D eigenvalue weighted by atomic mass is 35.5. The molecule has 0 heterocycles. The van der Waals surface area contributed by atoms with Crippen molar-refractivity contribution >= 4 is 17.5 Å². The van der Waals surface area contributed by atoms with Crippen molar-refractivity contribution in [2.45, 2.75) is 32.7 Å². The molecule has 1 aliphatic rings. The van der Waals surface area contributed by atoms with Crippen LogP contribution in [0.1, 0.15) is 30.0 Å². The van der Waals surface area contributed by atoms with E-state index in [-0.39, 0.29) is 11.3 Å². The molecule has 2 aromatic rings. The lowest BCUT2D eigenvalue weighted by Gasteiger charge is -2.36. The summed E-state index contributed by atoms with van der Waals surface area (Å²) in [6.07, 6.45) is 2.70. The second-order valence-electron chi connectivity index (χ2n) is 6.80. The number of rotatable bonds is 3. The highest BCUT2D eigenvalue weighted by Crippen LogP contribution is 2.36.